The van der Waals surface area contributed by atoms with Crippen LogP contribution in [0.4, 0.5) is 22.2 Å². The van der Waals surface area contributed by atoms with Gasteiger partial charge in [0.15, 0.2) is 0 Å². The molecule has 0 saturated carbocycles. The number of nitro benzene ring substituents is 2. The minimum absolute atomic E-state index is 0.101. The number of anilines is 2. The van der Waals surface area contributed by atoms with E-state index in [1.54, 1.807) is 12.1 Å². The van der Waals surface area contributed by atoms with Gasteiger partial charge in [-0.2, -0.15) is 0 Å². The van der Waals surface area contributed by atoms with Crippen LogP contribution in [0.2, 0.25) is 0 Å². The molecule has 0 aliphatic rings. The van der Waals surface area contributed by atoms with Gasteiger partial charge in [0.05, 0.1) is 32.7 Å². The number of carbonyl (C=O) groups is 2. The van der Waals surface area contributed by atoms with E-state index in [-0.39, 0.29) is 21.9 Å². The molecule has 13 heteroatoms. The number of para-hydroxylation sites is 1. The Hall–Kier alpha value is -4.26. The van der Waals surface area contributed by atoms with Crippen LogP contribution in [0.15, 0.2) is 42.5 Å². The minimum atomic E-state index is -0.851. The van der Waals surface area contributed by atoms with Gasteiger partial charge in [-0.3, -0.25) is 35.1 Å². The summed E-state index contributed by atoms with van der Waals surface area (Å²) in [6, 6.07) is 8.66. The first-order chi connectivity index (χ1) is 14.8. The summed E-state index contributed by atoms with van der Waals surface area (Å²) in [6.45, 7) is 1.90. The van der Waals surface area contributed by atoms with Crippen LogP contribution in [0.1, 0.15) is 32.6 Å². The van der Waals surface area contributed by atoms with Gasteiger partial charge < -0.3 is 5.32 Å². The third-order valence-corrected chi connectivity index (χ3v) is 4.98. The van der Waals surface area contributed by atoms with Gasteiger partial charge in [-0.05, 0) is 18.6 Å². The van der Waals surface area contributed by atoms with E-state index in [9.17, 15) is 29.8 Å². The fourth-order valence-electron chi connectivity index (χ4n) is 2.53. The van der Waals surface area contributed by atoms with Gasteiger partial charge in [0.2, 0.25) is 5.13 Å². The van der Waals surface area contributed by atoms with Crippen molar-refractivity contribution in [3.63, 3.8) is 0 Å². The molecular weight excluding hydrogens is 428 g/mol. The lowest BCUT2D eigenvalue weighted by atomic mass is 10.1. The van der Waals surface area contributed by atoms with Crippen LogP contribution < -0.4 is 10.6 Å². The van der Waals surface area contributed by atoms with Gasteiger partial charge in [-0.1, -0.05) is 30.4 Å². The van der Waals surface area contributed by atoms with Gasteiger partial charge in [-0.25, -0.2) is 0 Å². The smallest absolute Gasteiger partial charge is 0.277 e. The van der Waals surface area contributed by atoms with E-state index < -0.39 is 33.0 Å². The zero-order valence-corrected chi connectivity index (χ0v) is 16.7. The van der Waals surface area contributed by atoms with Crippen LogP contribution in [0.25, 0.3) is 0 Å². The number of amides is 2. The van der Waals surface area contributed by atoms with Crippen molar-refractivity contribution < 1.29 is 19.4 Å². The van der Waals surface area contributed by atoms with Gasteiger partial charge in [0.1, 0.15) is 5.01 Å². The van der Waals surface area contributed by atoms with Crippen LogP contribution in [0.5, 0.6) is 0 Å². The highest BCUT2D eigenvalue weighted by Gasteiger charge is 2.21. The average molecular weight is 442 g/mol. The van der Waals surface area contributed by atoms with Crippen LogP contribution >= 0.6 is 11.3 Å². The Balaban J connectivity index is 1.86. The molecule has 1 heterocycles. The average Bonchev–Trinajstić information content (AvgIpc) is 3.21. The predicted molar refractivity (Wildman–Crippen MR) is 111 cm³/mol. The topological polar surface area (TPSA) is 170 Å². The van der Waals surface area contributed by atoms with Crippen molar-refractivity contribution >= 4 is 45.3 Å². The molecule has 31 heavy (non-hydrogen) atoms. The van der Waals surface area contributed by atoms with Crippen molar-refractivity contribution in [2.75, 3.05) is 10.6 Å². The SMILES string of the molecule is CCc1nnc(NC(=O)c2ccccc2NC(=O)c2cc([N+](=O)[O-])cc([N+](=O)[O-])c2)s1. The number of aromatic nitrogens is 2. The number of aryl methyl sites for hydroxylation is 1. The van der Waals surface area contributed by atoms with E-state index >= 15 is 0 Å². The molecule has 0 unspecified atom stereocenters. The second-order valence-corrected chi connectivity index (χ2v) is 7.12. The van der Waals surface area contributed by atoms with Gasteiger partial charge in [0.25, 0.3) is 23.2 Å². The molecule has 0 spiro atoms. The number of nitro groups is 2. The highest BCUT2D eigenvalue weighted by molar-refractivity contribution is 7.15. The van der Waals surface area contributed by atoms with Crippen LogP contribution in [0.3, 0.4) is 0 Å². The number of nitrogens with one attached hydrogen (secondary N) is 2. The number of hydrogen-bond donors (Lipinski definition) is 2. The lowest BCUT2D eigenvalue weighted by Crippen LogP contribution is -2.18. The van der Waals surface area contributed by atoms with Crippen molar-refractivity contribution in [3.05, 3.63) is 78.8 Å². The maximum atomic E-state index is 12.6. The van der Waals surface area contributed by atoms with Crippen molar-refractivity contribution in [2.24, 2.45) is 0 Å². The van der Waals surface area contributed by atoms with E-state index in [1.165, 1.54) is 23.5 Å². The Bertz CT molecular complexity index is 1160. The lowest BCUT2D eigenvalue weighted by molar-refractivity contribution is -0.394. The molecular formula is C18H14N6O6S. The van der Waals surface area contributed by atoms with Crippen LogP contribution in [-0.4, -0.2) is 31.9 Å². The maximum absolute atomic E-state index is 12.6. The summed E-state index contributed by atoms with van der Waals surface area (Å²) >= 11 is 1.21. The molecule has 0 saturated heterocycles. The monoisotopic (exact) mass is 442 g/mol. The maximum Gasteiger partial charge on any atom is 0.277 e. The molecule has 2 amide bonds. The fourth-order valence-corrected chi connectivity index (χ4v) is 3.21. The number of benzene rings is 2. The number of rotatable bonds is 7. The number of nitrogens with zero attached hydrogens (tertiary/aromatic N) is 4. The zero-order valence-electron chi connectivity index (χ0n) is 15.9. The van der Waals surface area contributed by atoms with E-state index in [2.05, 4.69) is 20.8 Å². The van der Waals surface area contributed by atoms with E-state index in [4.69, 9.17) is 0 Å². The fraction of sp³-hybridized carbons (Fsp3) is 0.111. The summed E-state index contributed by atoms with van der Waals surface area (Å²) in [7, 11) is 0. The summed E-state index contributed by atoms with van der Waals surface area (Å²) in [5, 5.41) is 35.9. The Kier molecular flexibility index (Phi) is 6.26. The van der Waals surface area contributed by atoms with Crippen molar-refractivity contribution in [1.82, 2.24) is 10.2 Å². The van der Waals surface area contributed by atoms with Crippen molar-refractivity contribution in [1.29, 1.82) is 0 Å². The molecule has 3 aromatic rings. The number of hydrogen-bond acceptors (Lipinski definition) is 9. The normalized spacial score (nSPS) is 10.4. The standard InChI is InChI=1S/C18H14N6O6S/c1-2-15-21-22-18(31-15)20-17(26)13-5-3-4-6-14(13)19-16(25)10-7-11(23(27)28)9-12(8-10)24(29)30/h3-9H,2H2,1H3,(H,19,25)(H,20,22,26). The molecule has 0 aliphatic heterocycles. The first-order valence-corrected chi connectivity index (χ1v) is 9.58. The molecule has 12 nitrogen and oxygen atoms in total. The molecule has 0 aliphatic carbocycles. The molecule has 2 N–H and O–H groups in total. The van der Waals surface area contributed by atoms with Crippen LogP contribution in [-0.2, 0) is 6.42 Å². The van der Waals surface area contributed by atoms with E-state index in [0.29, 0.717) is 6.42 Å². The molecule has 0 bridgehead atoms. The molecule has 2 aromatic carbocycles. The second kappa shape index (κ2) is 9.04. The minimum Gasteiger partial charge on any atom is -0.321 e. The third kappa shape index (κ3) is 5.02. The van der Waals surface area contributed by atoms with Crippen LogP contribution in [0, 0.1) is 20.2 Å². The summed E-state index contributed by atoms with van der Waals surface area (Å²) in [5.41, 5.74) is -1.29. The van der Waals surface area contributed by atoms with Gasteiger partial charge in [0, 0.05) is 12.1 Å². The zero-order chi connectivity index (χ0) is 22.5. The summed E-state index contributed by atoms with van der Waals surface area (Å²) in [4.78, 5) is 45.7. The first-order valence-electron chi connectivity index (χ1n) is 8.76. The third-order valence-electron chi connectivity index (χ3n) is 4.00. The molecule has 0 atom stereocenters. The molecule has 158 valence electrons. The summed E-state index contributed by atoms with van der Waals surface area (Å²) in [5.74, 6) is -1.41. The largest absolute Gasteiger partial charge is 0.321 e. The Labute approximate surface area is 178 Å². The van der Waals surface area contributed by atoms with E-state index in [0.717, 1.165) is 23.2 Å². The van der Waals surface area contributed by atoms with Crippen molar-refractivity contribution in [3.8, 4) is 0 Å². The number of carbonyl (C=O) groups excluding carboxylic acids is 2. The first kappa shape index (κ1) is 21.4. The highest BCUT2D eigenvalue weighted by atomic mass is 32.1. The van der Waals surface area contributed by atoms with Gasteiger partial charge >= 0.3 is 0 Å². The second-order valence-electron chi connectivity index (χ2n) is 6.06. The Morgan fingerprint density at radius 2 is 1.61 bits per heavy atom. The molecule has 0 radical (unpaired) electrons. The molecule has 0 fully saturated rings. The van der Waals surface area contributed by atoms with Gasteiger partial charge in [-0.15, -0.1) is 10.2 Å². The molecule has 3 rings (SSSR count). The Morgan fingerprint density at radius 1 is 0.968 bits per heavy atom. The quantitative estimate of drug-likeness (QED) is 0.414. The Morgan fingerprint density at radius 3 is 2.19 bits per heavy atom. The summed E-state index contributed by atoms with van der Waals surface area (Å²) in [6.07, 6.45) is 0.662. The van der Waals surface area contributed by atoms with E-state index in [1.807, 2.05) is 6.92 Å². The lowest BCUT2D eigenvalue weighted by Gasteiger charge is -2.10. The summed E-state index contributed by atoms with van der Waals surface area (Å²) < 4.78 is 0. The van der Waals surface area contributed by atoms with Crippen molar-refractivity contribution in [2.45, 2.75) is 13.3 Å². The molecule has 1 aromatic heterocycles. The predicted octanol–water partition coefficient (Wildman–Crippen LogP) is 3.42. The number of non-ortho nitro benzene ring substituents is 2. The highest BCUT2D eigenvalue weighted by Crippen LogP contribution is 2.25.